The first-order chi connectivity index (χ1) is 14.2. The molecule has 0 aliphatic carbocycles. The molecule has 3 aromatic rings. The van der Waals surface area contributed by atoms with Crippen LogP contribution in [0.5, 0.6) is 0 Å². The fraction of sp³-hybridized carbons (Fsp3) is 0.190. The predicted molar refractivity (Wildman–Crippen MR) is 110 cm³/mol. The molecule has 9 heteroatoms. The summed E-state index contributed by atoms with van der Waals surface area (Å²) < 4.78 is 42.5. The molecule has 0 spiro atoms. The van der Waals surface area contributed by atoms with Crippen molar-refractivity contribution in [3.8, 4) is 11.3 Å². The third kappa shape index (κ3) is 5.15. The van der Waals surface area contributed by atoms with E-state index in [0.29, 0.717) is 27.1 Å². The highest BCUT2D eigenvalue weighted by Crippen LogP contribution is 2.25. The number of carbonyl (C=O) groups is 1. The average molecular weight is 480 g/mol. The molecule has 0 aliphatic heterocycles. The number of carboxylic acid groups (broad SMARTS) is 1. The first-order valence-corrected chi connectivity index (χ1v) is 9.74. The van der Waals surface area contributed by atoms with Gasteiger partial charge in [0.25, 0.3) is 0 Å². The molecule has 2 N–H and O–H groups in total. The lowest BCUT2D eigenvalue weighted by atomic mass is 10.00. The van der Waals surface area contributed by atoms with Crippen LogP contribution in [0.15, 0.2) is 41.1 Å². The molecule has 5 nitrogen and oxygen atoms in total. The Hall–Kier alpha value is -2.94. The Morgan fingerprint density at radius 3 is 2.33 bits per heavy atom. The van der Waals surface area contributed by atoms with Crippen LogP contribution in [0.2, 0.25) is 0 Å². The van der Waals surface area contributed by atoms with E-state index in [-0.39, 0.29) is 24.1 Å². The zero-order valence-electron chi connectivity index (χ0n) is 15.8. The van der Waals surface area contributed by atoms with Crippen LogP contribution in [-0.4, -0.2) is 27.6 Å². The summed E-state index contributed by atoms with van der Waals surface area (Å²) in [5.41, 5.74) is 1.48. The minimum absolute atomic E-state index is 0.0355. The Bertz CT molecular complexity index is 1060. The Morgan fingerprint density at radius 2 is 1.70 bits per heavy atom. The summed E-state index contributed by atoms with van der Waals surface area (Å²) in [6, 6.07) is 6.86. The molecule has 0 saturated carbocycles. The van der Waals surface area contributed by atoms with Gasteiger partial charge in [0.1, 0.15) is 29.6 Å². The normalized spacial score (nSPS) is 10.8. The summed E-state index contributed by atoms with van der Waals surface area (Å²) >= 11 is 3.04. The number of anilines is 1. The third-order valence-electron chi connectivity index (χ3n) is 4.50. The van der Waals surface area contributed by atoms with Gasteiger partial charge in [0.05, 0.1) is 12.1 Å². The van der Waals surface area contributed by atoms with Gasteiger partial charge in [-0.25, -0.2) is 23.1 Å². The molecule has 0 amide bonds. The molecule has 0 aliphatic rings. The van der Waals surface area contributed by atoms with E-state index in [1.54, 1.807) is 19.1 Å². The molecule has 0 atom stereocenters. The Morgan fingerprint density at radius 1 is 1.03 bits per heavy atom. The third-order valence-corrected chi connectivity index (χ3v) is 4.95. The highest BCUT2D eigenvalue weighted by atomic mass is 79.9. The molecule has 0 saturated heterocycles. The summed E-state index contributed by atoms with van der Waals surface area (Å²) in [4.78, 5) is 19.1. The van der Waals surface area contributed by atoms with Crippen LogP contribution in [0.4, 0.5) is 19.0 Å². The van der Waals surface area contributed by atoms with Crippen LogP contribution in [0.25, 0.3) is 11.3 Å². The van der Waals surface area contributed by atoms with E-state index >= 15 is 0 Å². The van der Waals surface area contributed by atoms with Gasteiger partial charge in [0, 0.05) is 33.8 Å². The topological polar surface area (TPSA) is 75.1 Å². The number of hydrogen-bond acceptors (Lipinski definition) is 4. The minimum atomic E-state index is -1.11. The van der Waals surface area contributed by atoms with E-state index in [4.69, 9.17) is 5.11 Å². The van der Waals surface area contributed by atoms with Gasteiger partial charge >= 0.3 is 5.97 Å². The van der Waals surface area contributed by atoms with E-state index < -0.39 is 29.8 Å². The van der Waals surface area contributed by atoms with E-state index in [1.165, 1.54) is 24.5 Å². The Kier molecular flexibility index (Phi) is 6.71. The number of benzene rings is 2. The van der Waals surface area contributed by atoms with Gasteiger partial charge in [-0.1, -0.05) is 15.9 Å². The van der Waals surface area contributed by atoms with Crippen LogP contribution in [0.1, 0.15) is 16.7 Å². The molecule has 0 radical (unpaired) electrons. The van der Waals surface area contributed by atoms with Crippen molar-refractivity contribution >= 4 is 27.7 Å². The van der Waals surface area contributed by atoms with Gasteiger partial charge in [-0.2, -0.15) is 0 Å². The van der Waals surface area contributed by atoms with Crippen molar-refractivity contribution in [2.24, 2.45) is 0 Å². The number of hydrogen-bond donors (Lipinski definition) is 2. The average Bonchev–Trinajstić information content (AvgIpc) is 2.66. The monoisotopic (exact) mass is 479 g/mol. The van der Waals surface area contributed by atoms with Crippen LogP contribution < -0.4 is 5.32 Å². The molecule has 1 aromatic heterocycles. The lowest BCUT2D eigenvalue weighted by Gasteiger charge is -2.11. The van der Waals surface area contributed by atoms with Gasteiger partial charge in [-0.3, -0.25) is 4.79 Å². The number of nitrogens with one attached hydrogen (secondary N) is 1. The Balaban J connectivity index is 1.75. The number of halogens is 4. The second kappa shape index (κ2) is 9.25. The van der Waals surface area contributed by atoms with E-state index in [0.717, 1.165) is 0 Å². The maximum absolute atomic E-state index is 14.4. The number of carboxylic acids is 1. The number of rotatable bonds is 7. The fourth-order valence-electron chi connectivity index (χ4n) is 3.04. The van der Waals surface area contributed by atoms with Crippen molar-refractivity contribution in [3.05, 3.63) is 75.3 Å². The Labute approximate surface area is 179 Å². The molecule has 30 heavy (non-hydrogen) atoms. The zero-order valence-corrected chi connectivity index (χ0v) is 17.4. The fourth-order valence-corrected chi connectivity index (χ4v) is 3.44. The van der Waals surface area contributed by atoms with Crippen LogP contribution in [0, 0.1) is 24.4 Å². The molecule has 0 fully saturated rings. The lowest BCUT2D eigenvalue weighted by molar-refractivity contribution is -0.136. The van der Waals surface area contributed by atoms with Gasteiger partial charge in [0.15, 0.2) is 0 Å². The van der Waals surface area contributed by atoms with Crippen LogP contribution in [-0.2, 0) is 17.6 Å². The molecule has 0 bridgehead atoms. The lowest BCUT2D eigenvalue weighted by Crippen LogP contribution is -2.09. The summed E-state index contributed by atoms with van der Waals surface area (Å²) in [5.74, 6) is -2.61. The molecule has 156 valence electrons. The van der Waals surface area contributed by atoms with E-state index in [2.05, 4.69) is 31.2 Å². The summed E-state index contributed by atoms with van der Waals surface area (Å²) in [5, 5.41) is 11.9. The summed E-state index contributed by atoms with van der Waals surface area (Å²) in [6.07, 6.45) is 0.983. The second-order valence-corrected chi connectivity index (χ2v) is 7.55. The van der Waals surface area contributed by atoms with E-state index in [1.807, 2.05) is 0 Å². The highest BCUT2D eigenvalue weighted by molar-refractivity contribution is 9.10. The summed E-state index contributed by atoms with van der Waals surface area (Å²) in [7, 11) is 0. The quantitative estimate of drug-likeness (QED) is 0.503. The largest absolute Gasteiger partial charge is 0.481 e. The number of aliphatic carboxylic acids is 1. The molecule has 1 heterocycles. The molecular formula is C21H17BrF3N3O2. The van der Waals surface area contributed by atoms with Crippen molar-refractivity contribution in [2.75, 3.05) is 11.9 Å². The zero-order chi connectivity index (χ0) is 21.8. The van der Waals surface area contributed by atoms with Gasteiger partial charge in [0.2, 0.25) is 0 Å². The first kappa shape index (κ1) is 21.8. The van der Waals surface area contributed by atoms with Crippen molar-refractivity contribution in [1.82, 2.24) is 9.97 Å². The van der Waals surface area contributed by atoms with Gasteiger partial charge in [-0.15, -0.1) is 0 Å². The second-order valence-electron chi connectivity index (χ2n) is 6.64. The van der Waals surface area contributed by atoms with Crippen LogP contribution in [0.3, 0.4) is 0 Å². The van der Waals surface area contributed by atoms with Gasteiger partial charge in [-0.05, 0) is 43.2 Å². The van der Waals surface area contributed by atoms with Crippen LogP contribution >= 0.6 is 15.9 Å². The minimum Gasteiger partial charge on any atom is -0.481 e. The smallest absolute Gasteiger partial charge is 0.307 e. The standard InChI is InChI=1S/C21H17BrF3N3O2/c1-11-4-12(5-16(23)15(11)8-21(29)30)19-9-20(28-10-27-19)26-3-2-14-17(24)6-13(22)7-18(14)25/h4-7,9-10H,2-3,8H2,1H3,(H,29,30)(H,26,27,28). The first-order valence-electron chi connectivity index (χ1n) is 8.95. The number of aromatic nitrogens is 2. The maximum atomic E-state index is 14.4. The van der Waals surface area contributed by atoms with Crippen molar-refractivity contribution in [2.45, 2.75) is 19.8 Å². The number of aryl methyl sites for hydroxylation is 1. The highest BCUT2D eigenvalue weighted by Gasteiger charge is 2.14. The molecular weight excluding hydrogens is 463 g/mol. The summed E-state index contributed by atoms with van der Waals surface area (Å²) in [6.45, 7) is 1.85. The number of nitrogens with zero attached hydrogens (tertiary/aromatic N) is 2. The van der Waals surface area contributed by atoms with Crippen molar-refractivity contribution in [3.63, 3.8) is 0 Å². The molecule has 3 rings (SSSR count). The molecule has 2 aromatic carbocycles. The SMILES string of the molecule is Cc1cc(-c2cc(NCCc3c(F)cc(Br)cc3F)ncn2)cc(F)c1CC(=O)O. The van der Waals surface area contributed by atoms with E-state index in [9.17, 15) is 18.0 Å². The van der Waals surface area contributed by atoms with Crippen molar-refractivity contribution < 1.29 is 23.1 Å². The van der Waals surface area contributed by atoms with Crippen molar-refractivity contribution in [1.29, 1.82) is 0 Å². The predicted octanol–water partition coefficient (Wildman–Crippen LogP) is 4.91. The van der Waals surface area contributed by atoms with Gasteiger partial charge < -0.3 is 10.4 Å². The molecule has 0 unspecified atom stereocenters. The maximum Gasteiger partial charge on any atom is 0.307 e.